The molecule has 3 rings (SSSR count). The molecule has 0 spiro atoms. The zero-order valence-corrected chi connectivity index (χ0v) is 8.88. The van der Waals surface area contributed by atoms with Crippen LogP contribution in [0.2, 0.25) is 0 Å². The van der Waals surface area contributed by atoms with Gasteiger partial charge in [0.2, 0.25) is 5.76 Å². The summed E-state index contributed by atoms with van der Waals surface area (Å²) >= 11 is 0. The van der Waals surface area contributed by atoms with E-state index in [1.165, 1.54) is 6.39 Å². The van der Waals surface area contributed by atoms with Gasteiger partial charge >= 0.3 is 0 Å². The van der Waals surface area contributed by atoms with Gasteiger partial charge in [-0.15, -0.1) is 0 Å². The second-order valence-corrected chi connectivity index (χ2v) is 4.09. The molecule has 6 heteroatoms. The molecule has 1 aliphatic rings. The van der Waals surface area contributed by atoms with Crippen molar-refractivity contribution in [3.05, 3.63) is 17.9 Å². The lowest BCUT2D eigenvalue weighted by Crippen LogP contribution is -2.13. The number of aryl methyl sites for hydroxylation is 1. The lowest BCUT2D eigenvalue weighted by atomic mass is 10.2. The van der Waals surface area contributed by atoms with Crippen LogP contribution in [0.3, 0.4) is 0 Å². The van der Waals surface area contributed by atoms with Crippen molar-refractivity contribution in [2.24, 2.45) is 11.7 Å². The molecule has 1 saturated carbocycles. The molecule has 2 N–H and O–H groups in total. The Hall–Kier alpha value is -1.69. The fourth-order valence-corrected chi connectivity index (χ4v) is 1.64. The van der Waals surface area contributed by atoms with Gasteiger partial charge in [0.1, 0.15) is 0 Å². The summed E-state index contributed by atoms with van der Waals surface area (Å²) < 4.78 is 10.3. The van der Waals surface area contributed by atoms with Crippen LogP contribution in [0.5, 0.6) is 0 Å². The third-order valence-corrected chi connectivity index (χ3v) is 2.81. The van der Waals surface area contributed by atoms with Crippen molar-refractivity contribution in [1.29, 1.82) is 0 Å². The van der Waals surface area contributed by atoms with E-state index in [2.05, 4.69) is 15.1 Å². The number of rotatable bonds is 3. The third kappa shape index (κ3) is 1.51. The Morgan fingerprint density at radius 2 is 2.31 bits per heavy atom. The largest absolute Gasteiger partial charge is 0.438 e. The van der Waals surface area contributed by atoms with Crippen molar-refractivity contribution in [2.75, 3.05) is 0 Å². The number of nitrogens with two attached hydrogens (primary N) is 1. The standard InChI is InChI=1S/C10H12N4O2/c1-5-8(15-4-12-5)10-13-9(14-16-10)7(11)6-2-3-6/h4,6-7H,2-3,11H2,1H3. The molecular weight excluding hydrogens is 208 g/mol. The first-order valence-corrected chi connectivity index (χ1v) is 5.25. The fourth-order valence-electron chi connectivity index (χ4n) is 1.64. The maximum atomic E-state index is 5.97. The summed E-state index contributed by atoms with van der Waals surface area (Å²) in [5.41, 5.74) is 6.71. The van der Waals surface area contributed by atoms with Crippen LogP contribution in [-0.2, 0) is 0 Å². The summed E-state index contributed by atoms with van der Waals surface area (Å²) in [6.07, 6.45) is 3.65. The monoisotopic (exact) mass is 220 g/mol. The average molecular weight is 220 g/mol. The third-order valence-electron chi connectivity index (χ3n) is 2.81. The van der Waals surface area contributed by atoms with E-state index < -0.39 is 0 Å². The fraction of sp³-hybridized carbons (Fsp3) is 0.500. The topological polar surface area (TPSA) is 91.0 Å². The highest BCUT2D eigenvalue weighted by Crippen LogP contribution is 2.38. The van der Waals surface area contributed by atoms with Crippen LogP contribution in [-0.4, -0.2) is 15.1 Å². The SMILES string of the molecule is Cc1ncoc1-c1nc(C(N)C2CC2)no1. The van der Waals surface area contributed by atoms with E-state index >= 15 is 0 Å². The second kappa shape index (κ2) is 3.41. The number of nitrogens with zero attached hydrogens (tertiary/aromatic N) is 3. The molecule has 84 valence electrons. The molecule has 0 bridgehead atoms. The molecule has 0 radical (unpaired) electrons. The van der Waals surface area contributed by atoms with Gasteiger partial charge in [-0.2, -0.15) is 4.98 Å². The molecule has 0 aromatic carbocycles. The van der Waals surface area contributed by atoms with Crippen LogP contribution < -0.4 is 5.73 Å². The van der Waals surface area contributed by atoms with E-state index in [0.29, 0.717) is 23.4 Å². The first-order chi connectivity index (χ1) is 7.75. The predicted octanol–water partition coefficient (Wildman–Crippen LogP) is 1.44. The van der Waals surface area contributed by atoms with Gasteiger partial charge in [0, 0.05) is 0 Å². The van der Waals surface area contributed by atoms with Crippen LogP contribution in [0.25, 0.3) is 11.7 Å². The minimum atomic E-state index is -0.124. The Balaban J connectivity index is 1.90. The zero-order valence-electron chi connectivity index (χ0n) is 8.88. The van der Waals surface area contributed by atoms with E-state index in [9.17, 15) is 0 Å². The van der Waals surface area contributed by atoms with Crippen LogP contribution >= 0.6 is 0 Å². The number of oxazole rings is 1. The molecular formula is C10H12N4O2. The van der Waals surface area contributed by atoms with Gasteiger partial charge < -0.3 is 14.7 Å². The summed E-state index contributed by atoms with van der Waals surface area (Å²) in [5.74, 6) is 1.91. The normalized spacial score (nSPS) is 17.6. The Morgan fingerprint density at radius 1 is 1.50 bits per heavy atom. The Labute approximate surface area is 91.8 Å². The van der Waals surface area contributed by atoms with Gasteiger partial charge in [0.25, 0.3) is 5.89 Å². The predicted molar refractivity (Wildman–Crippen MR) is 54.2 cm³/mol. The summed E-state index contributed by atoms with van der Waals surface area (Å²) in [7, 11) is 0. The van der Waals surface area contributed by atoms with Crippen molar-refractivity contribution in [1.82, 2.24) is 15.1 Å². The van der Waals surface area contributed by atoms with Gasteiger partial charge in [0.05, 0.1) is 11.7 Å². The quantitative estimate of drug-likeness (QED) is 0.841. The molecule has 0 aliphatic heterocycles. The summed E-state index contributed by atoms with van der Waals surface area (Å²) in [5, 5.41) is 3.88. The van der Waals surface area contributed by atoms with Crippen molar-refractivity contribution in [3.8, 4) is 11.7 Å². The summed E-state index contributed by atoms with van der Waals surface area (Å²) in [6, 6.07) is -0.124. The lowest BCUT2D eigenvalue weighted by molar-refractivity contribution is 0.400. The Kier molecular flexibility index (Phi) is 2.03. The van der Waals surface area contributed by atoms with E-state index in [-0.39, 0.29) is 6.04 Å². The van der Waals surface area contributed by atoms with Crippen molar-refractivity contribution < 1.29 is 8.94 Å². The molecule has 6 nitrogen and oxygen atoms in total. The Bertz CT molecular complexity index is 500. The number of hydrogen-bond acceptors (Lipinski definition) is 6. The summed E-state index contributed by atoms with van der Waals surface area (Å²) in [6.45, 7) is 1.82. The van der Waals surface area contributed by atoms with Gasteiger partial charge in [0.15, 0.2) is 12.2 Å². The summed E-state index contributed by atoms with van der Waals surface area (Å²) in [4.78, 5) is 8.21. The van der Waals surface area contributed by atoms with Crippen molar-refractivity contribution in [2.45, 2.75) is 25.8 Å². The molecule has 2 aromatic rings. The maximum absolute atomic E-state index is 5.97. The number of hydrogen-bond donors (Lipinski definition) is 1. The van der Waals surface area contributed by atoms with Crippen LogP contribution in [0, 0.1) is 12.8 Å². The van der Waals surface area contributed by atoms with E-state index in [4.69, 9.17) is 14.7 Å². The molecule has 1 aliphatic carbocycles. The maximum Gasteiger partial charge on any atom is 0.295 e. The molecule has 1 atom stereocenters. The molecule has 0 saturated heterocycles. The minimum absolute atomic E-state index is 0.124. The van der Waals surface area contributed by atoms with Gasteiger partial charge in [-0.3, -0.25) is 0 Å². The Morgan fingerprint density at radius 3 is 2.94 bits per heavy atom. The van der Waals surface area contributed by atoms with Crippen molar-refractivity contribution >= 4 is 0 Å². The van der Waals surface area contributed by atoms with Crippen LogP contribution in [0.15, 0.2) is 15.3 Å². The van der Waals surface area contributed by atoms with Gasteiger partial charge in [-0.25, -0.2) is 4.98 Å². The highest BCUT2D eigenvalue weighted by molar-refractivity contribution is 5.46. The molecule has 16 heavy (non-hydrogen) atoms. The highest BCUT2D eigenvalue weighted by atomic mass is 16.5. The first kappa shape index (κ1) is 9.53. The van der Waals surface area contributed by atoms with E-state index in [1.54, 1.807) is 0 Å². The highest BCUT2D eigenvalue weighted by Gasteiger charge is 2.33. The van der Waals surface area contributed by atoms with Crippen LogP contribution in [0.4, 0.5) is 0 Å². The molecule has 2 heterocycles. The molecule has 1 fully saturated rings. The average Bonchev–Trinajstić information content (AvgIpc) is 2.86. The zero-order chi connectivity index (χ0) is 11.1. The van der Waals surface area contributed by atoms with Gasteiger partial charge in [-0.05, 0) is 25.7 Å². The van der Waals surface area contributed by atoms with E-state index in [1.807, 2.05) is 6.92 Å². The molecule has 0 amide bonds. The smallest absolute Gasteiger partial charge is 0.295 e. The van der Waals surface area contributed by atoms with Crippen LogP contribution in [0.1, 0.15) is 30.4 Å². The van der Waals surface area contributed by atoms with E-state index in [0.717, 1.165) is 18.5 Å². The molecule has 1 unspecified atom stereocenters. The van der Waals surface area contributed by atoms with Crippen molar-refractivity contribution in [3.63, 3.8) is 0 Å². The minimum Gasteiger partial charge on any atom is -0.438 e. The molecule has 2 aromatic heterocycles. The first-order valence-electron chi connectivity index (χ1n) is 5.25. The second-order valence-electron chi connectivity index (χ2n) is 4.09. The van der Waals surface area contributed by atoms with Gasteiger partial charge in [-0.1, -0.05) is 5.16 Å². The lowest BCUT2D eigenvalue weighted by Gasteiger charge is -2.01. The number of aromatic nitrogens is 3.